The minimum atomic E-state index is -0.740. The molecule has 1 aromatic carbocycles. The van der Waals surface area contributed by atoms with Gasteiger partial charge in [0, 0.05) is 19.5 Å². The van der Waals surface area contributed by atoms with Gasteiger partial charge in [0.25, 0.3) is 0 Å². The van der Waals surface area contributed by atoms with Gasteiger partial charge in [0.2, 0.25) is 5.91 Å². The van der Waals surface area contributed by atoms with Gasteiger partial charge in [-0.3, -0.25) is 9.59 Å². The number of likely N-dealkylation sites (tertiary alicyclic amines) is 1. The standard InChI is InChI=1S/C19H25NO3/c21-17(22)9-8-16-7-4-12-20(14-16)18(23)19(10-11-19)13-15-5-2-1-3-6-15/h1-3,5-6,16H,4,7-14H2,(H,21,22). The Morgan fingerprint density at radius 2 is 1.96 bits per heavy atom. The Bertz CT molecular complexity index is 565. The SMILES string of the molecule is O=C(O)CCC1CCCN(C(=O)C2(Cc3ccccc3)CC2)C1. The highest BCUT2D eigenvalue weighted by atomic mass is 16.4. The van der Waals surface area contributed by atoms with Crippen LogP contribution in [0.3, 0.4) is 0 Å². The lowest BCUT2D eigenvalue weighted by Gasteiger charge is -2.35. The van der Waals surface area contributed by atoms with Gasteiger partial charge in [0.15, 0.2) is 0 Å². The number of piperidine rings is 1. The molecule has 3 rings (SSSR count). The molecular formula is C19H25NO3. The van der Waals surface area contributed by atoms with Crippen LogP contribution in [0, 0.1) is 11.3 Å². The van der Waals surface area contributed by atoms with Gasteiger partial charge in [-0.1, -0.05) is 30.3 Å². The van der Waals surface area contributed by atoms with E-state index >= 15 is 0 Å². The summed E-state index contributed by atoms with van der Waals surface area (Å²) in [5, 5.41) is 8.84. The third-order valence-electron chi connectivity index (χ3n) is 5.27. The first-order valence-electron chi connectivity index (χ1n) is 8.64. The average molecular weight is 315 g/mol. The molecule has 2 aliphatic rings. The molecule has 23 heavy (non-hydrogen) atoms. The summed E-state index contributed by atoms with van der Waals surface area (Å²) in [6, 6.07) is 10.2. The highest BCUT2D eigenvalue weighted by Gasteiger charge is 2.51. The fourth-order valence-electron chi connectivity index (χ4n) is 3.75. The van der Waals surface area contributed by atoms with Gasteiger partial charge in [-0.05, 0) is 50.0 Å². The average Bonchev–Trinajstić information content (AvgIpc) is 3.34. The normalized spacial score (nSPS) is 22.6. The number of aliphatic carboxylic acids is 1. The third-order valence-corrected chi connectivity index (χ3v) is 5.27. The number of amides is 1. The zero-order valence-electron chi connectivity index (χ0n) is 13.5. The Morgan fingerprint density at radius 3 is 2.61 bits per heavy atom. The van der Waals surface area contributed by atoms with E-state index in [-0.39, 0.29) is 11.8 Å². The van der Waals surface area contributed by atoms with Crippen LogP contribution in [0.15, 0.2) is 30.3 Å². The Kier molecular flexibility index (Phi) is 4.69. The summed E-state index contributed by atoms with van der Waals surface area (Å²) in [6.07, 6.45) is 5.74. The van der Waals surface area contributed by atoms with Gasteiger partial charge in [-0.25, -0.2) is 0 Å². The number of benzene rings is 1. The molecule has 0 bridgehead atoms. The van der Waals surface area contributed by atoms with E-state index in [9.17, 15) is 9.59 Å². The molecule has 4 nitrogen and oxygen atoms in total. The van der Waals surface area contributed by atoms with Gasteiger partial charge < -0.3 is 10.0 Å². The van der Waals surface area contributed by atoms with Gasteiger partial charge in [-0.15, -0.1) is 0 Å². The minimum absolute atomic E-state index is 0.184. The molecule has 0 spiro atoms. The second-order valence-corrected chi connectivity index (χ2v) is 7.13. The highest BCUT2D eigenvalue weighted by Crippen LogP contribution is 2.50. The van der Waals surface area contributed by atoms with E-state index in [2.05, 4.69) is 12.1 Å². The molecule has 1 saturated heterocycles. The quantitative estimate of drug-likeness (QED) is 0.877. The molecule has 2 fully saturated rings. The summed E-state index contributed by atoms with van der Waals surface area (Å²) in [7, 11) is 0. The monoisotopic (exact) mass is 315 g/mol. The van der Waals surface area contributed by atoms with Crippen molar-refractivity contribution in [2.45, 2.75) is 44.9 Å². The lowest BCUT2D eigenvalue weighted by atomic mass is 9.90. The topological polar surface area (TPSA) is 57.6 Å². The zero-order valence-corrected chi connectivity index (χ0v) is 13.5. The molecule has 1 saturated carbocycles. The maximum atomic E-state index is 13.0. The van der Waals surface area contributed by atoms with Crippen LogP contribution in [0.4, 0.5) is 0 Å². The van der Waals surface area contributed by atoms with Crippen LogP contribution < -0.4 is 0 Å². The number of rotatable bonds is 6. The summed E-state index contributed by atoms with van der Waals surface area (Å²) in [5.41, 5.74) is 1.05. The van der Waals surface area contributed by atoms with Crippen molar-refractivity contribution in [3.63, 3.8) is 0 Å². The van der Waals surface area contributed by atoms with Crippen LogP contribution in [0.5, 0.6) is 0 Å². The smallest absolute Gasteiger partial charge is 0.303 e. The van der Waals surface area contributed by atoms with Crippen molar-refractivity contribution in [1.29, 1.82) is 0 Å². The second-order valence-electron chi connectivity index (χ2n) is 7.13. The maximum Gasteiger partial charge on any atom is 0.303 e. The van der Waals surface area contributed by atoms with Crippen LogP contribution in [0.25, 0.3) is 0 Å². The number of carbonyl (C=O) groups is 2. The fraction of sp³-hybridized carbons (Fsp3) is 0.579. The molecule has 0 radical (unpaired) electrons. The van der Waals surface area contributed by atoms with Crippen molar-refractivity contribution < 1.29 is 14.7 Å². The highest BCUT2D eigenvalue weighted by molar-refractivity contribution is 5.85. The Labute approximate surface area is 137 Å². The van der Waals surface area contributed by atoms with Crippen molar-refractivity contribution in [3.8, 4) is 0 Å². The van der Waals surface area contributed by atoms with Gasteiger partial charge in [0.05, 0.1) is 5.41 Å². The molecule has 0 aromatic heterocycles. The number of hydrogen-bond donors (Lipinski definition) is 1. The van der Waals surface area contributed by atoms with Crippen LogP contribution in [-0.4, -0.2) is 35.0 Å². The number of hydrogen-bond acceptors (Lipinski definition) is 2. The molecule has 1 amide bonds. The first-order valence-corrected chi connectivity index (χ1v) is 8.64. The second kappa shape index (κ2) is 6.73. The molecule has 1 N–H and O–H groups in total. The first kappa shape index (κ1) is 16.0. The van der Waals surface area contributed by atoms with E-state index < -0.39 is 5.97 Å². The van der Waals surface area contributed by atoms with Crippen molar-refractivity contribution in [2.75, 3.05) is 13.1 Å². The maximum absolute atomic E-state index is 13.0. The van der Waals surface area contributed by atoms with E-state index in [1.165, 1.54) is 5.56 Å². The van der Waals surface area contributed by atoms with Crippen molar-refractivity contribution in [1.82, 2.24) is 4.90 Å². The summed E-state index contributed by atoms with van der Waals surface area (Å²) >= 11 is 0. The Hall–Kier alpha value is -1.84. The van der Waals surface area contributed by atoms with E-state index in [0.717, 1.165) is 45.2 Å². The number of carbonyl (C=O) groups excluding carboxylic acids is 1. The molecule has 1 aliphatic heterocycles. The fourth-order valence-corrected chi connectivity index (χ4v) is 3.75. The van der Waals surface area contributed by atoms with Crippen LogP contribution >= 0.6 is 0 Å². The molecule has 1 heterocycles. The van der Waals surface area contributed by atoms with E-state index in [1.54, 1.807) is 0 Å². The summed E-state index contributed by atoms with van der Waals surface area (Å²) in [6.45, 7) is 1.57. The lowest BCUT2D eigenvalue weighted by molar-refractivity contribution is -0.139. The largest absolute Gasteiger partial charge is 0.481 e. The molecule has 124 valence electrons. The van der Waals surface area contributed by atoms with Gasteiger partial charge in [0.1, 0.15) is 0 Å². The molecule has 1 aliphatic carbocycles. The van der Waals surface area contributed by atoms with Gasteiger partial charge >= 0.3 is 5.97 Å². The third kappa shape index (κ3) is 3.92. The van der Waals surface area contributed by atoms with Crippen LogP contribution in [0.2, 0.25) is 0 Å². The van der Waals surface area contributed by atoms with Crippen molar-refractivity contribution in [3.05, 3.63) is 35.9 Å². The minimum Gasteiger partial charge on any atom is -0.481 e. The predicted molar refractivity (Wildman–Crippen MR) is 88.0 cm³/mol. The number of carboxylic acids is 1. The molecular weight excluding hydrogens is 290 g/mol. The molecule has 1 aromatic rings. The summed E-state index contributed by atoms with van der Waals surface area (Å²) in [4.78, 5) is 25.7. The molecule has 1 atom stereocenters. The Morgan fingerprint density at radius 1 is 1.22 bits per heavy atom. The van der Waals surface area contributed by atoms with Crippen LogP contribution in [0.1, 0.15) is 44.1 Å². The molecule has 1 unspecified atom stereocenters. The summed E-state index contributed by atoms with van der Waals surface area (Å²) in [5.74, 6) is -0.103. The number of nitrogens with zero attached hydrogens (tertiary/aromatic N) is 1. The van der Waals surface area contributed by atoms with Gasteiger partial charge in [-0.2, -0.15) is 0 Å². The Balaban J connectivity index is 1.59. The van der Waals surface area contributed by atoms with E-state index in [4.69, 9.17) is 5.11 Å². The van der Waals surface area contributed by atoms with Crippen LogP contribution in [-0.2, 0) is 16.0 Å². The first-order chi connectivity index (χ1) is 11.1. The van der Waals surface area contributed by atoms with E-state index in [1.807, 2.05) is 23.1 Å². The summed E-state index contributed by atoms with van der Waals surface area (Å²) < 4.78 is 0. The van der Waals surface area contributed by atoms with Crippen molar-refractivity contribution >= 4 is 11.9 Å². The predicted octanol–water partition coefficient (Wildman–Crippen LogP) is 3.11. The van der Waals surface area contributed by atoms with E-state index in [0.29, 0.717) is 18.2 Å². The number of carboxylic acid groups (broad SMARTS) is 1. The lowest BCUT2D eigenvalue weighted by Crippen LogP contribution is -2.44. The van der Waals surface area contributed by atoms with Crippen molar-refractivity contribution in [2.24, 2.45) is 11.3 Å². The molecule has 4 heteroatoms. The zero-order chi connectivity index (χ0) is 16.3.